The van der Waals surface area contributed by atoms with Gasteiger partial charge in [-0.1, -0.05) is 109 Å². The summed E-state index contributed by atoms with van der Waals surface area (Å²) in [6, 6.07) is 53.2. The van der Waals surface area contributed by atoms with Crippen molar-refractivity contribution in [2.24, 2.45) is 0 Å². The van der Waals surface area contributed by atoms with Gasteiger partial charge in [0.2, 0.25) is 11.9 Å². The number of carbonyl (C=O) groups is 2. The highest BCUT2D eigenvalue weighted by atomic mass is 16.2. The lowest BCUT2D eigenvalue weighted by atomic mass is 10.1. The van der Waals surface area contributed by atoms with Crippen LogP contribution in [0.5, 0.6) is 0 Å². The Morgan fingerprint density at radius 3 is 1.72 bits per heavy atom. The maximum atomic E-state index is 13.3. The molecule has 3 aliphatic heterocycles. The number of para-hydroxylation sites is 2. The van der Waals surface area contributed by atoms with Crippen molar-refractivity contribution in [3.05, 3.63) is 183 Å². The van der Waals surface area contributed by atoms with Crippen LogP contribution < -0.4 is 20.9 Å². The van der Waals surface area contributed by atoms with Crippen molar-refractivity contribution in [2.75, 3.05) is 73.8 Å². The van der Waals surface area contributed by atoms with Crippen LogP contribution >= 0.6 is 0 Å². The molecule has 13 rings (SSSR count). The number of likely N-dealkylation sites (N-methyl/N-ethyl adjacent to an activating group) is 1. The molecule has 0 spiro atoms. The molecule has 76 heavy (non-hydrogen) atoms. The second-order valence-electron chi connectivity index (χ2n) is 20.0. The molecule has 3 N–H and O–H groups in total. The van der Waals surface area contributed by atoms with Crippen molar-refractivity contribution >= 4 is 78.7 Å². The van der Waals surface area contributed by atoms with Crippen molar-refractivity contribution in [1.82, 2.24) is 48.7 Å². The fourth-order valence-electron chi connectivity index (χ4n) is 11.2. The highest BCUT2D eigenvalue weighted by Gasteiger charge is 2.43. The van der Waals surface area contributed by atoms with Gasteiger partial charge in [-0.15, -0.1) is 0 Å². The van der Waals surface area contributed by atoms with Crippen LogP contribution in [0.15, 0.2) is 183 Å². The van der Waals surface area contributed by atoms with Gasteiger partial charge in [-0.25, -0.2) is 19.6 Å². The molecule has 4 aromatic heterocycles. The van der Waals surface area contributed by atoms with Crippen LogP contribution in [0.4, 0.5) is 32.9 Å². The van der Waals surface area contributed by atoms with Crippen molar-refractivity contribution in [3.63, 3.8) is 0 Å². The van der Waals surface area contributed by atoms with Gasteiger partial charge in [0.15, 0.2) is 0 Å². The van der Waals surface area contributed by atoms with Crippen LogP contribution in [-0.4, -0.2) is 138 Å². The smallest absolute Gasteiger partial charge is 0.321 e. The summed E-state index contributed by atoms with van der Waals surface area (Å²) >= 11 is 0. The molecule has 3 fully saturated rings. The maximum absolute atomic E-state index is 13.3. The van der Waals surface area contributed by atoms with E-state index in [1.807, 2.05) is 119 Å². The van der Waals surface area contributed by atoms with E-state index in [-0.39, 0.29) is 36.2 Å². The number of benzene rings is 6. The topological polar surface area (TPSA) is 148 Å². The lowest BCUT2D eigenvalue weighted by molar-refractivity contribution is 0.108. The number of nitrogens with one attached hydrogen (secondary N) is 3. The Morgan fingerprint density at radius 1 is 0.566 bits per heavy atom. The highest BCUT2D eigenvalue weighted by Crippen LogP contribution is 2.31. The number of fused-ring (bicyclic) bond motifs is 5. The Bertz CT molecular complexity index is 3620. The van der Waals surface area contributed by atoms with Crippen LogP contribution in [0.2, 0.25) is 0 Å². The molecule has 382 valence electrons. The lowest BCUT2D eigenvalue weighted by Gasteiger charge is -2.42. The van der Waals surface area contributed by atoms with E-state index in [9.17, 15) is 9.59 Å². The molecule has 4 amide bonds. The van der Waals surface area contributed by atoms with E-state index in [1.165, 1.54) is 10.8 Å². The number of anilines is 4. The zero-order valence-corrected chi connectivity index (χ0v) is 42.8. The first-order chi connectivity index (χ1) is 37.2. The van der Waals surface area contributed by atoms with Gasteiger partial charge in [0.25, 0.3) is 0 Å². The van der Waals surface area contributed by atoms with Gasteiger partial charge in [-0.3, -0.25) is 9.80 Å². The quantitative estimate of drug-likeness (QED) is 0.134. The number of carbonyl (C=O) groups excluding carboxylic acids is 2. The van der Waals surface area contributed by atoms with Crippen molar-refractivity contribution < 1.29 is 9.59 Å². The van der Waals surface area contributed by atoms with E-state index < -0.39 is 0 Å². The summed E-state index contributed by atoms with van der Waals surface area (Å²) in [5.74, 6) is 2.95. The first kappa shape index (κ1) is 48.1. The predicted molar refractivity (Wildman–Crippen MR) is 304 cm³/mol. The van der Waals surface area contributed by atoms with Crippen LogP contribution in [0.1, 0.15) is 13.8 Å². The average molecular weight is 1010 g/mol. The molecule has 4 unspecified atom stereocenters. The largest absolute Gasteiger partial charge is 0.350 e. The summed E-state index contributed by atoms with van der Waals surface area (Å²) in [7, 11) is 2.10. The molecule has 0 saturated carbocycles. The monoisotopic (exact) mass is 1010 g/mol. The van der Waals surface area contributed by atoms with Crippen molar-refractivity contribution in [1.29, 1.82) is 0 Å². The Labute approximate surface area is 441 Å². The van der Waals surface area contributed by atoms with Gasteiger partial charge in [0.1, 0.15) is 11.6 Å². The molecular formula is C60H60N14O2. The van der Waals surface area contributed by atoms with E-state index in [4.69, 9.17) is 9.97 Å². The first-order valence-electron chi connectivity index (χ1n) is 26.1. The Morgan fingerprint density at radius 2 is 1.09 bits per heavy atom. The number of amides is 4. The SMILES string of the molecule is CC(Nc1nccc(-n2ccc3ccccc32)n1)C1CN(C(=O)Nc2cccc3ccccc23)CCN1C.CC1C2CN(C(=O)Nc3cccc4ccccc34)CCN2CN1c1nccc(-n2ccc3ccccc32)n1. The van der Waals surface area contributed by atoms with Crippen molar-refractivity contribution in [2.45, 2.75) is 38.0 Å². The molecule has 0 radical (unpaired) electrons. The van der Waals surface area contributed by atoms with Gasteiger partial charge < -0.3 is 39.8 Å². The third-order valence-electron chi connectivity index (χ3n) is 15.4. The molecular weight excluding hydrogens is 949 g/mol. The molecule has 0 bridgehead atoms. The molecule has 3 saturated heterocycles. The van der Waals surface area contributed by atoms with Gasteiger partial charge >= 0.3 is 12.1 Å². The second kappa shape index (κ2) is 20.8. The minimum Gasteiger partial charge on any atom is -0.350 e. The molecule has 4 atom stereocenters. The number of aromatic nitrogens is 6. The normalized spacial score (nSPS) is 18.4. The Kier molecular flexibility index (Phi) is 13.2. The Hall–Kier alpha value is -8.86. The molecule has 7 heterocycles. The second-order valence-corrected chi connectivity index (χ2v) is 20.0. The number of urea groups is 2. The van der Waals surface area contributed by atoms with Crippen LogP contribution in [0, 0.1) is 0 Å². The Balaban J connectivity index is 0.000000153. The summed E-state index contributed by atoms with van der Waals surface area (Å²) in [6.45, 7) is 9.30. The van der Waals surface area contributed by atoms with Crippen LogP contribution in [-0.2, 0) is 0 Å². The third-order valence-corrected chi connectivity index (χ3v) is 15.4. The summed E-state index contributed by atoms with van der Waals surface area (Å²) in [6.07, 6.45) is 7.70. The average Bonchev–Trinajstić information content (AvgIpc) is 4.19. The van der Waals surface area contributed by atoms with Crippen LogP contribution in [0.3, 0.4) is 0 Å². The molecule has 16 heteroatoms. The van der Waals surface area contributed by atoms with E-state index in [1.54, 1.807) is 6.20 Å². The molecule has 6 aromatic carbocycles. The lowest BCUT2D eigenvalue weighted by Crippen LogP contribution is -2.59. The van der Waals surface area contributed by atoms with E-state index in [0.29, 0.717) is 38.1 Å². The van der Waals surface area contributed by atoms with Gasteiger partial charge in [0.05, 0.1) is 29.1 Å². The highest BCUT2D eigenvalue weighted by molar-refractivity contribution is 6.02. The number of nitrogens with zero attached hydrogens (tertiary/aromatic N) is 11. The zero-order valence-electron chi connectivity index (χ0n) is 42.8. The summed E-state index contributed by atoms with van der Waals surface area (Å²) in [4.78, 5) is 56.3. The van der Waals surface area contributed by atoms with Gasteiger partial charge in [-0.05, 0) is 91.0 Å². The van der Waals surface area contributed by atoms with Crippen molar-refractivity contribution in [3.8, 4) is 11.6 Å². The number of hydrogen-bond acceptors (Lipinski definition) is 10. The third kappa shape index (κ3) is 9.59. The number of hydrogen-bond donors (Lipinski definition) is 3. The zero-order chi connectivity index (χ0) is 51.7. The number of piperazine rings is 2. The van der Waals surface area contributed by atoms with E-state index in [0.717, 1.165) is 75.3 Å². The standard InChI is InChI=1S/C30H29N7O.C30H31N7O/c1-21-27-19-34(30(38)32-25-11-6-9-22-7-2-4-10-24(22)25)17-18-35(27)20-37(21)29-31-15-13-28(33-29)36-16-14-23-8-3-5-12-26(23)36;1-21(32-29-31-16-14-28(34-29)37-17-15-23-9-4-6-13-26(23)37)27-20-36(19-18-35(27)2)30(38)33-25-12-7-10-22-8-3-5-11-24(22)25/h2-16,21,27H,17-20H2,1H3,(H,32,38);3-17,21,27H,18-20H2,1-2H3,(H,33,38)(H,31,32,34). The minimum atomic E-state index is -0.0793. The number of rotatable bonds is 8. The molecule has 3 aliphatic rings. The maximum Gasteiger partial charge on any atom is 0.321 e. The minimum absolute atomic E-state index is 0.0183. The predicted octanol–water partition coefficient (Wildman–Crippen LogP) is 10.2. The van der Waals surface area contributed by atoms with E-state index >= 15 is 0 Å². The summed E-state index contributed by atoms with van der Waals surface area (Å²) in [5.41, 5.74) is 3.90. The van der Waals surface area contributed by atoms with Gasteiger partial charge in [0, 0.05) is 99.0 Å². The van der Waals surface area contributed by atoms with Gasteiger partial charge in [-0.2, -0.15) is 9.97 Å². The molecule has 16 nitrogen and oxygen atoms in total. The summed E-state index contributed by atoms with van der Waals surface area (Å²) < 4.78 is 4.17. The fraction of sp³-hybridized carbons (Fsp3) is 0.233. The summed E-state index contributed by atoms with van der Waals surface area (Å²) in [5, 5.41) is 16.4. The van der Waals surface area contributed by atoms with E-state index in [2.05, 4.69) is 138 Å². The molecule has 10 aromatic rings. The van der Waals surface area contributed by atoms with Crippen LogP contribution in [0.25, 0.3) is 55.0 Å². The first-order valence-corrected chi connectivity index (χ1v) is 26.1. The molecule has 0 aliphatic carbocycles. The fourth-order valence-corrected chi connectivity index (χ4v) is 11.2.